The Bertz CT molecular complexity index is 602. The van der Waals surface area contributed by atoms with Crippen molar-refractivity contribution in [2.45, 2.75) is 25.8 Å². The van der Waals surface area contributed by atoms with Crippen molar-refractivity contribution in [2.24, 2.45) is 11.7 Å². The van der Waals surface area contributed by atoms with Crippen LogP contribution in [0.1, 0.15) is 31.7 Å². The van der Waals surface area contributed by atoms with Crippen molar-refractivity contribution in [2.75, 3.05) is 13.1 Å². The Morgan fingerprint density at radius 2 is 2.24 bits per heavy atom. The molecule has 3 heterocycles. The number of nitrogens with one attached hydrogen (secondary N) is 1. The van der Waals surface area contributed by atoms with Crippen LogP contribution in [-0.4, -0.2) is 29.2 Å². The molecule has 2 aromatic heterocycles. The summed E-state index contributed by atoms with van der Waals surface area (Å²) in [6.45, 7) is 3.91. The van der Waals surface area contributed by atoms with E-state index in [1.807, 2.05) is 17.5 Å². The van der Waals surface area contributed by atoms with E-state index < -0.39 is 0 Å². The Hall–Kier alpha value is -1.73. The molecule has 0 radical (unpaired) electrons. The summed E-state index contributed by atoms with van der Waals surface area (Å²) in [4.78, 5) is 13.6. The summed E-state index contributed by atoms with van der Waals surface area (Å²) < 4.78 is 5.79. The molecule has 0 aromatic carbocycles. The second-order valence-corrected chi connectivity index (χ2v) is 6.43. The van der Waals surface area contributed by atoms with Gasteiger partial charge >= 0.3 is 0 Å². The summed E-state index contributed by atoms with van der Waals surface area (Å²) in [6.07, 6.45) is 1.67. The van der Waals surface area contributed by atoms with Crippen LogP contribution in [0.15, 0.2) is 21.9 Å². The first-order chi connectivity index (χ1) is 10.1. The molecule has 0 aliphatic carbocycles. The predicted octanol–water partition coefficient (Wildman–Crippen LogP) is 0.639. The lowest BCUT2D eigenvalue weighted by Crippen LogP contribution is -3.13. The van der Waals surface area contributed by atoms with Crippen LogP contribution in [0.3, 0.4) is 0 Å². The second kappa shape index (κ2) is 5.95. The third-order valence-corrected chi connectivity index (χ3v) is 5.04. The third kappa shape index (κ3) is 2.98. The van der Waals surface area contributed by atoms with Crippen LogP contribution in [0, 0.1) is 5.92 Å². The number of carbonyl (C=O) groups is 1. The molecule has 1 aliphatic heterocycles. The van der Waals surface area contributed by atoms with Crippen molar-refractivity contribution in [3.8, 4) is 10.8 Å². The van der Waals surface area contributed by atoms with Crippen LogP contribution >= 0.6 is 11.3 Å². The van der Waals surface area contributed by atoms with E-state index in [0.717, 1.165) is 30.8 Å². The molecular formula is C14H19N4O2S+. The molecule has 1 fully saturated rings. The standard InChI is InChI=1S/C14H18N4O2S/c1-9(18-6-4-10(5-7-18)12(15)19)13-16-17-14(20-13)11-3-2-8-21-11/h2-3,8-10H,4-7H2,1H3,(H2,15,19)/p+1/t9-/m0/s1. The smallest absolute Gasteiger partial charge is 0.274 e. The highest BCUT2D eigenvalue weighted by Gasteiger charge is 2.32. The molecular weight excluding hydrogens is 288 g/mol. The number of likely N-dealkylation sites (tertiary alicyclic amines) is 1. The van der Waals surface area contributed by atoms with Gasteiger partial charge < -0.3 is 15.1 Å². The van der Waals surface area contributed by atoms with Gasteiger partial charge in [-0.3, -0.25) is 4.79 Å². The SMILES string of the molecule is C[C@@H](c1nnc(-c2cccs2)o1)[NH+]1CCC(C(N)=O)CC1. The molecule has 6 nitrogen and oxygen atoms in total. The van der Waals surface area contributed by atoms with E-state index in [0.29, 0.717) is 11.8 Å². The van der Waals surface area contributed by atoms with Gasteiger partial charge in [0.25, 0.3) is 11.8 Å². The molecule has 3 N–H and O–H groups in total. The third-order valence-electron chi connectivity index (χ3n) is 4.19. The zero-order valence-electron chi connectivity index (χ0n) is 11.9. The normalized spacial score (nSPS) is 23.9. The van der Waals surface area contributed by atoms with E-state index in [1.165, 1.54) is 4.90 Å². The largest absolute Gasteiger partial charge is 0.414 e. The fourth-order valence-corrected chi connectivity index (χ4v) is 3.43. The maximum atomic E-state index is 11.2. The maximum Gasteiger partial charge on any atom is 0.274 e. The minimum absolute atomic E-state index is 0.0188. The Labute approximate surface area is 127 Å². The molecule has 1 atom stereocenters. The van der Waals surface area contributed by atoms with Gasteiger partial charge in [-0.05, 0) is 18.4 Å². The number of nitrogens with two attached hydrogens (primary N) is 1. The molecule has 1 saturated heterocycles. The molecule has 0 spiro atoms. The Balaban J connectivity index is 1.66. The summed E-state index contributed by atoms with van der Waals surface area (Å²) in [6, 6.07) is 4.07. The predicted molar refractivity (Wildman–Crippen MR) is 78.6 cm³/mol. The van der Waals surface area contributed by atoms with Gasteiger partial charge in [0.1, 0.15) is 0 Å². The van der Waals surface area contributed by atoms with Gasteiger partial charge in [-0.1, -0.05) is 6.07 Å². The van der Waals surface area contributed by atoms with Gasteiger partial charge in [0.2, 0.25) is 5.91 Å². The van der Waals surface area contributed by atoms with Gasteiger partial charge in [0.05, 0.1) is 18.0 Å². The number of carbonyl (C=O) groups excluding carboxylic acids is 1. The number of nitrogens with zero attached hydrogens (tertiary/aromatic N) is 2. The summed E-state index contributed by atoms with van der Waals surface area (Å²) in [5, 5.41) is 10.3. The minimum Gasteiger partial charge on any atom is -0.414 e. The molecule has 0 saturated carbocycles. The van der Waals surface area contributed by atoms with Crippen molar-refractivity contribution >= 4 is 17.2 Å². The number of hydrogen-bond donors (Lipinski definition) is 2. The highest BCUT2D eigenvalue weighted by Crippen LogP contribution is 2.24. The highest BCUT2D eigenvalue weighted by atomic mass is 32.1. The summed E-state index contributed by atoms with van der Waals surface area (Å²) in [5.74, 6) is 1.08. The molecule has 1 aliphatic rings. The van der Waals surface area contributed by atoms with E-state index in [4.69, 9.17) is 10.2 Å². The Morgan fingerprint density at radius 1 is 1.48 bits per heavy atom. The van der Waals surface area contributed by atoms with Crippen LogP contribution < -0.4 is 10.6 Å². The van der Waals surface area contributed by atoms with Crippen LogP contribution in [0.2, 0.25) is 0 Å². The number of rotatable bonds is 4. The van der Waals surface area contributed by atoms with Gasteiger partial charge in [-0.15, -0.1) is 21.5 Å². The van der Waals surface area contributed by atoms with Crippen LogP contribution in [0.4, 0.5) is 0 Å². The average molecular weight is 307 g/mol. The zero-order valence-corrected chi connectivity index (χ0v) is 12.7. The lowest BCUT2D eigenvalue weighted by atomic mass is 9.95. The van der Waals surface area contributed by atoms with Gasteiger partial charge in [0.15, 0.2) is 6.04 Å². The van der Waals surface area contributed by atoms with Crippen LogP contribution in [0.5, 0.6) is 0 Å². The van der Waals surface area contributed by atoms with Crippen molar-refractivity contribution in [3.63, 3.8) is 0 Å². The summed E-state index contributed by atoms with van der Waals surface area (Å²) >= 11 is 1.59. The number of amides is 1. The molecule has 0 bridgehead atoms. The van der Waals surface area contributed by atoms with Crippen molar-refractivity contribution in [1.29, 1.82) is 0 Å². The van der Waals surface area contributed by atoms with E-state index >= 15 is 0 Å². The second-order valence-electron chi connectivity index (χ2n) is 5.48. The Kier molecular flexibility index (Phi) is 4.03. The van der Waals surface area contributed by atoms with Gasteiger partial charge in [0, 0.05) is 18.8 Å². The van der Waals surface area contributed by atoms with E-state index in [9.17, 15) is 4.79 Å². The van der Waals surface area contributed by atoms with E-state index in [1.54, 1.807) is 11.3 Å². The molecule has 7 heteroatoms. The van der Waals surface area contributed by atoms with E-state index in [-0.39, 0.29) is 17.9 Å². The van der Waals surface area contributed by atoms with E-state index in [2.05, 4.69) is 17.1 Å². The molecule has 3 rings (SSSR count). The lowest BCUT2D eigenvalue weighted by molar-refractivity contribution is -0.936. The minimum atomic E-state index is -0.181. The summed E-state index contributed by atoms with van der Waals surface area (Å²) in [7, 11) is 0. The molecule has 112 valence electrons. The lowest BCUT2D eigenvalue weighted by Gasteiger charge is -2.30. The number of hydrogen-bond acceptors (Lipinski definition) is 5. The molecule has 2 aromatic rings. The average Bonchev–Trinajstić information content (AvgIpc) is 3.17. The van der Waals surface area contributed by atoms with Crippen molar-refractivity contribution < 1.29 is 14.1 Å². The highest BCUT2D eigenvalue weighted by molar-refractivity contribution is 7.13. The number of thiophene rings is 1. The maximum absolute atomic E-state index is 11.2. The number of primary amides is 1. The van der Waals surface area contributed by atoms with Crippen molar-refractivity contribution in [3.05, 3.63) is 23.4 Å². The molecule has 0 unspecified atom stereocenters. The monoisotopic (exact) mass is 307 g/mol. The zero-order chi connectivity index (χ0) is 14.8. The molecule has 1 amide bonds. The fourth-order valence-electron chi connectivity index (χ4n) is 2.79. The fraction of sp³-hybridized carbons (Fsp3) is 0.500. The number of quaternary nitrogens is 1. The first-order valence-electron chi connectivity index (χ1n) is 7.16. The summed E-state index contributed by atoms with van der Waals surface area (Å²) in [5.41, 5.74) is 5.37. The molecule has 21 heavy (non-hydrogen) atoms. The topological polar surface area (TPSA) is 86.4 Å². The first-order valence-corrected chi connectivity index (χ1v) is 8.04. The number of aromatic nitrogens is 2. The van der Waals surface area contributed by atoms with Gasteiger partial charge in [-0.25, -0.2) is 0 Å². The van der Waals surface area contributed by atoms with Gasteiger partial charge in [-0.2, -0.15) is 0 Å². The van der Waals surface area contributed by atoms with Crippen LogP contribution in [0.25, 0.3) is 10.8 Å². The van der Waals surface area contributed by atoms with Crippen molar-refractivity contribution in [1.82, 2.24) is 10.2 Å². The first kappa shape index (κ1) is 14.2. The van der Waals surface area contributed by atoms with Crippen LogP contribution in [-0.2, 0) is 4.79 Å². The quantitative estimate of drug-likeness (QED) is 0.868. The number of piperidine rings is 1. The Morgan fingerprint density at radius 3 is 2.86 bits per heavy atom.